The molecule has 0 spiro atoms. The highest BCUT2D eigenvalue weighted by molar-refractivity contribution is 6.31. The van der Waals surface area contributed by atoms with E-state index in [1.54, 1.807) is 6.07 Å². The third-order valence-electron chi connectivity index (χ3n) is 2.32. The molecule has 1 N–H and O–H groups in total. The fraction of sp³-hybridized carbons (Fsp3) is 0.0769. The van der Waals surface area contributed by atoms with Gasteiger partial charge >= 0.3 is 0 Å². The summed E-state index contributed by atoms with van der Waals surface area (Å²) in [5.41, 5.74) is 0.535. The number of benzene rings is 1. The van der Waals surface area contributed by atoms with Crippen molar-refractivity contribution in [3.05, 3.63) is 46.9 Å². The zero-order valence-electron chi connectivity index (χ0n) is 9.87. The van der Waals surface area contributed by atoms with E-state index in [4.69, 9.17) is 16.0 Å². The van der Waals surface area contributed by atoms with E-state index in [0.29, 0.717) is 11.3 Å². The van der Waals surface area contributed by atoms with Crippen LogP contribution < -0.4 is 5.32 Å². The Morgan fingerprint density at radius 3 is 2.63 bits per heavy atom. The molecule has 98 valence electrons. The van der Waals surface area contributed by atoms with Gasteiger partial charge in [-0.1, -0.05) is 11.6 Å². The van der Waals surface area contributed by atoms with Crippen molar-refractivity contribution < 1.29 is 18.4 Å². The minimum Gasteiger partial charge on any atom is -0.451 e. The van der Waals surface area contributed by atoms with Crippen LogP contribution in [-0.2, 0) is 4.79 Å². The van der Waals surface area contributed by atoms with Crippen molar-refractivity contribution in [3.63, 3.8) is 0 Å². The summed E-state index contributed by atoms with van der Waals surface area (Å²) in [6.45, 7) is 1.22. The first kappa shape index (κ1) is 13.3. The molecule has 0 saturated heterocycles. The molecule has 0 fully saturated rings. The van der Waals surface area contributed by atoms with Crippen LogP contribution >= 0.6 is 11.6 Å². The highest BCUT2D eigenvalue weighted by Gasteiger charge is 2.14. The summed E-state index contributed by atoms with van der Waals surface area (Å²) >= 11 is 5.66. The second-order valence-electron chi connectivity index (χ2n) is 3.80. The van der Waals surface area contributed by atoms with Crippen molar-refractivity contribution in [1.82, 2.24) is 5.32 Å². The summed E-state index contributed by atoms with van der Waals surface area (Å²) in [6, 6.07) is 7.04. The maximum Gasteiger partial charge on any atom is 0.293 e. The number of hydrogen-bond acceptors (Lipinski definition) is 3. The molecule has 1 aromatic heterocycles. The van der Waals surface area contributed by atoms with Crippen molar-refractivity contribution in [2.45, 2.75) is 6.92 Å². The van der Waals surface area contributed by atoms with Gasteiger partial charge in [-0.25, -0.2) is 4.39 Å². The predicted octanol–water partition coefficient (Wildman–Crippen LogP) is 3.02. The third-order valence-corrected chi connectivity index (χ3v) is 2.61. The topological polar surface area (TPSA) is 59.3 Å². The molecule has 1 heterocycles. The fourth-order valence-corrected chi connectivity index (χ4v) is 1.67. The molecule has 2 amide bonds. The number of amides is 2. The van der Waals surface area contributed by atoms with Crippen LogP contribution in [0.1, 0.15) is 17.5 Å². The number of hydrogen-bond donors (Lipinski definition) is 1. The Bertz CT molecular complexity index is 651. The molecule has 0 radical (unpaired) electrons. The molecule has 2 rings (SSSR count). The van der Waals surface area contributed by atoms with Crippen LogP contribution in [0.2, 0.25) is 5.02 Å². The second kappa shape index (κ2) is 5.24. The van der Waals surface area contributed by atoms with Gasteiger partial charge in [-0.15, -0.1) is 0 Å². The van der Waals surface area contributed by atoms with Crippen molar-refractivity contribution in [1.29, 1.82) is 0 Å². The maximum absolute atomic E-state index is 13.0. The molecule has 0 unspecified atom stereocenters. The molecule has 0 saturated carbocycles. The molecule has 0 atom stereocenters. The van der Waals surface area contributed by atoms with E-state index in [2.05, 4.69) is 5.32 Å². The molecular weight excluding hydrogens is 273 g/mol. The van der Waals surface area contributed by atoms with E-state index >= 15 is 0 Å². The number of furan rings is 1. The lowest BCUT2D eigenvalue weighted by Crippen LogP contribution is -2.27. The molecule has 4 nitrogen and oxygen atoms in total. The smallest absolute Gasteiger partial charge is 0.293 e. The van der Waals surface area contributed by atoms with Crippen LogP contribution in [0, 0.1) is 5.82 Å². The summed E-state index contributed by atoms with van der Waals surface area (Å²) in [5, 5.41) is 2.05. The lowest BCUT2D eigenvalue weighted by atomic mass is 10.2. The Hall–Kier alpha value is -2.14. The SMILES string of the molecule is CC(=O)NC(=O)c1ccc(-c2ccc(F)c(Cl)c2)o1. The molecule has 6 heteroatoms. The Morgan fingerprint density at radius 1 is 1.26 bits per heavy atom. The highest BCUT2D eigenvalue weighted by atomic mass is 35.5. The van der Waals surface area contributed by atoms with Gasteiger partial charge < -0.3 is 4.42 Å². The average Bonchev–Trinajstić information content (AvgIpc) is 2.81. The minimum atomic E-state index is -0.632. The van der Waals surface area contributed by atoms with E-state index in [-0.39, 0.29) is 10.8 Å². The Labute approximate surface area is 113 Å². The quantitative estimate of drug-likeness (QED) is 0.920. The molecule has 0 aliphatic heterocycles. The second-order valence-corrected chi connectivity index (χ2v) is 4.21. The number of halogens is 2. The van der Waals surface area contributed by atoms with E-state index < -0.39 is 17.6 Å². The number of carbonyl (C=O) groups excluding carboxylic acids is 2. The lowest BCUT2D eigenvalue weighted by Gasteiger charge is -1.99. The monoisotopic (exact) mass is 281 g/mol. The lowest BCUT2D eigenvalue weighted by molar-refractivity contribution is -0.118. The van der Waals surface area contributed by atoms with Gasteiger partial charge in [-0.3, -0.25) is 14.9 Å². The van der Waals surface area contributed by atoms with Crippen molar-refractivity contribution in [2.24, 2.45) is 0 Å². The normalized spacial score (nSPS) is 10.3. The van der Waals surface area contributed by atoms with Gasteiger partial charge in [0.05, 0.1) is 5.02 Å². The molecule has 19 heavy (non-hydrogen) atoms. The Balaban J connectivity index is 2.27. The highest BCUT2D eigenvalue weighted by Crippen LogP contribution is 2.26. The van der Waals surface area contributed by atoms with Crippen LogP contribution in [0.5, 0.6) is 0 Å². The van der Waals surface area contributed by atoms with E-state index in [1.165, 1.54) is 31.2 Å². The number of imide groups is 1. The molecule has 0 aliphatic rings. The maximum atomic E-state index is 13.0. The van der Waals surface area contributed by atoms with Gasteiger partial charge in [-0.05, 0) is 30.3 Å². The zero-order valence-corrected chi connectivity index (χ0v) is 10.6. The van der Waals surface area contributed by atoms with Crippen LogP contribution in [0.25, 0.3) is 11.3 Å². The predicted molar refractivity (Wildman–Crippen MR) is 67.3 cm³/mol. The third kappa shape index (κ3) is 3.00. The van der Waals surface area contributed by atoms with Crippen LogP contribution in [-0.4, -0.2) is 11.8 Å². The summed E-state index contributed by atoms with van der Waals surface area (Å²) in [7, 11) is 0. The molecule has 0 bridgehead atoms. The zero-order chi connectivity index (χ0) is 14.0. The molecule has 2 aromatic rings. The summed E-state index contributed by atoms with van der Waals surface area (Å²) in [6.07, 6.45) is 0. The van der Waals surface area contributed by atoms with Crippen molar-refractivity contribution >= 4 is 23.4 Å². The van der Waals surface area contributed by atoms with Gasteiger partial charge in [0.1, 0.15) is 11.6 Å². The largest absolute Gasteiger partial charge is 0.451 e. The van der Waals surface area contributed by atoms with E-state index in [9.17, 15) is 14.0 Å². The Kier molecular flexibility index (Phi) is 3.66. The van der Waals surface area contributed by atoms with Crippen molar-refractivity contribution in [3.8, 4) is 11.3 Å². The van der Waals surface area contributed by atoms with E-state index in [1.807, 2.05) is 0 Å². The number of carbonyl (C=O) groups is 2. The van der Waals surface area contributed by atoms with Crippen molar-refractivity contribution in [2.75, 3.05) is 0 Å². The fourth-order valence-electron chi connectivity index (χ4n) is 1.49. The van der Waals surface area contributed by atoms with Gasteiger partial charge in [0, 0.05) is 12.5 Å². The van der Waals surface area contributed by atoms with Gasteiger partial charge in [0.15, 0.2) is 5.76 Å². The Morgan fingerprint density at radius 2 is 2.00 bits per heavy atom. The summed E-state index contributed by atoms with van der Waals surface area (Å²) < 4.78 is 18.3. The van der Waals surface area contributed by atoms with Crippen LogP contribution in [0.3, 0.4) is 0 Å². The standard InChI is InChI=1S/C13H9ClFNO3/c1-7(17)16-13(18)12-5-4-11(19-12)8-2-3-10(15)9(14)6-8/h2-6H,1H3,(H,16,17,18). The first-order chi connectivity index (χ1) is 8.97. The van der Waals surface area contributed by atoms with E-state index in [0.717, 1.165) is 0 Å². The summed E-state index contributed by atoms with van der Waals surface area (Å²) in [4.78, 5) is 22.3. The number of rotatable bonds is 2. The molecule has 1 aromatic carbocycles. The van der Waals surface area contributed by atoms with Crippen LogP contribution in [0.15, 0.2) is 34.7 Å². The number of nitrogens with one attached hydrogen (secondary N) is 1. The summed E-state index contributed by atoms with van der Waals surface area (Å²) in [5.74, 6) is -1.30. The first-order valence-corrected chi connectivity index (χ1v) is 5.72. The molecule has 0 aliphatic carbocycles. The average molecular weight is 282 g/mol. The first-order valence-electron chi connectivity index (χ1n) is 5.34. The van der Waals surface area contributed by atoms with Gasteiger partial charge in [-0.2, -0.15) is 0 Å². The molecular formula is C13H9ClFNO3. The van der Waals surface area contributed by atoms with Gasteiger partial charge in [0.2, 0.25) is 5.91 Å². The minimum absolute atomic E-state index is 0.00866. The van der Waals surface area contributed by atoms with Crippen LogP contribution in [0.4, 0.5) is 4.39 Å². The van der Waals surface area contributed by atoms with Gasteiger partial charge in [0.25, 0.3) is 5.91 Å².